The monoisotopic (exact) mass is 341 g/mol. The van der Waals surface area contributed by atoms with Gasteiger partial charge in [0.2, 0.25) is 15.9 Å². The van der Waals surface area contributed by atoms with Crippen LogP contribution in [0.3, 0.4) is 0 Å². The number of carbonyl (C=O) groups is 1. The molecule has 1 aliphatic rings. The van der Waals surface area contributed by atoms with Crippen molar-refractivity contribution in [2.75, 3.05) is 11.4 Å². The molecule has 1 atom stereocenters. The third-order valence-electron chi connectivity index (χ3n) is 3.86. The molecule has 7 heteroatoms. The summed E-state index contributed by atoms with van der Waals surface area (Å²) < 4.78 is 27.3. The first-order valence-corrected chi connectivity index (χ1v) is 8.88. The van der Waals surface area contributed by atoms with Crippen LogP contribution in [-0.4, -0.2) is 26.9 Å². The summed E-state index contributed by atoms with van der Waals surface area (Å²) in [4.78, 5) is 14.1. The number of sulfonamides is 1. The summed E-state index contributed by atoms with van der Waals surface area (Å²) >= 11 is 0. The predicted molar refractivity (Wildman–Crippen MR) is 88.7 cm³/mol. The standard InChI is InChI=1S/C17H15N3O3S/c18-12-13-6-8-15(9-7-13)24(22,23)19-16-10-11-20(17(16)21)14-4-2-1-3-5-14/h1-9,16,19H,10-11H2/t16-/m1/s1. The topological polar surface area (TPSA) is 90.3 Å². The van der Waals surface area contributed by atoms with Gasteiger partial charge >= 0.3 is 0 Å². The molecule has 0 aromatic heterocycles. The van der Waals surface area contributed by atoms with Gasteiger partial charge in [-0.05, 0) is 42.8 Å². The number of hydrogen-bond donors (Lipinski definition) is 1. The zero-order valence-electron chi connectivity index (χ0n) is 12.7. The molecule has 1 N–H and O–H groups in total. The van der Waals surface area contributed by atoms with E-state index in [1.807, 2.05) is 36.4 Å². The van der Waals surface area contributed by atoms with E-state index in [4.69, 9.17) is 5.26 Å². The van der Waals surface area contributed by atoms with Crippen molar-refractivity contribution in [1.29, 1.82) is 5.26 Å². The Morgan fingerprint density at radius 2 is 1.75 bits per heavy atom. The molecule has 0 aliphatic carbocycles. The van der Waals surface area contributed by atoms with E-state index in [2.05, 4.69) is 4.72 Å². The van der Waals surface area contributed by atoms with Crippen molar-refractivity contribution < 1.29 is 13.2 Å². The molecular weight excluding hydrogens is 326 g/mol. The molecule has 1 fully saturated rings. The maximum Gasteiger partial charge on any atom is 0.245 e. The lowest BCUT2D eigenvalue weighted by Gasteiger charge is -2.17. The summed E-state index contributed by atoms with van der Waals surface area (Å²) in [6.45, 7) is 0.462. The Morgan fingerprint density at radius 3 is 2.38 bits per heavy atom. The highest BCUT2D eigenvalue weighted by atomic mass is 32.2. The fourth-order valence-electron chi connectivity index (χ4n) is 2.62. The fraction of sp³-hybridized carbons (Fsp3) is 0.176. The smallest absolute Gasteiger partial charge is 0.245 e. The third-order valence-corrected chi connectivity index (χ3v) is 5.35. The highest BCUT2D eigenvalue weighted by Gasteiger charge is 2.35. The second-order valence-corrected chi connectivity index (χ2v) is 7.14. The maximum absolute atomic E-state index is 12.5. The maximum atomic E-state index is 12.5. The molecule has 3 rings (SSSR count). The van der Waals surface area contributed by atoms with Crippen molar-refractivity contribution in [3.05, 3.63) is 60.2 Å². The van der Waals surface area contributed by atoms with Crippen LogP contribution in [0.15, 0.2) is 59.5 Å². The molecule has 1 amide bonds. The van der Waals surface area contributed by atoms with Crippen LogP contribution in [0.4, 0.5) is 5.69 Å². The first-order chi connectivity index (χ1) is 11.5. The van der Waals surface area contributed by atoms with Crippen molar-refractivity contribution >= 4 is 21.6 Å². The van der Waals surface area contributed by atoms with Crippen molar-refractivity contribution in [3.63, 3.8) is 0 Å². The van der Waals surface area contributed by atoms with Gasteiger partial charge in [-0.25, -0.2) is 8.42 Å². The molecule has 1 aliphatic heterocycles. The van der Waals surface area contributed by atoms with Crippen LogP contribution < -0.4 is 9.62 Å². The number of carbonyl (C=O) groups excluding carboxylic acids is 1. The molecule has 0 spiro atoms. The van der Waals surface area contributed by atoms with Crippen LogP contribution in [0.25, 0.3) is 0 Å². The van der Waals surface area contributed by atoms with Gasteiger partial charge in [-0.2, -0.15) is 9.98 Å². The van der Waals surface area contributed by atoms with Crippen LogP contribution in [0, 0.1) is 11.3 Å². The van der Waals surface area contributed by atoms with E-state index in [-0.39, 0.29) is 10.8 Å². The second kappa shape index (κ2) is 6.43. The second-order valence-electron chi connectivity index (χ2n) is 5.42. The van der Waals surface area contributed by atoms with Crippen molar-refractivity contribution in [3.8, 4) is 6.07 Å². The Labute approximate surface area is 140 Å². The number of nitriles is 1. The van der Waals surface area contributed by atoms with Gasteiger partial charge in [-0.15, -0.1) is 0 Å². The Kier molecular flexibility index (Phi) is 4.34. The first-order valence-electron chi connectivity index (χ1n) is 7.40. The molecule has 24 heavy (non-hydrogen) atoms. The number of nitrogens with zero attached hydrogens (tertiary/aromatic N) is 2. The number of benzene rings is 2. The Balaban J connectivity index is 1.76. The zero-order valence-corrected chi connectivity index (χ0v) is 13.5. The van der Waals surface area contributed by atoms with Crippen LogP contribution in [0.1, 0.15) is 12.0 Å². The molecule has 0 radical (unpaired) electrons. The molecule has 1 heterocycles. The van der Waals surface area contributed by atoms with E-state index >= 15 is 0 Å². The molecule has 0 unspecified atom stereocenters. The number of hydrogen-bond acceptors (Lipinski definition) is 4. The summed E-state index contributed by atoms with van der Waals surface area (Å²) in [5.41, 5.74) is 1.13. The molecule has 0 saturated carbocycles. The fourth-order valence-corrected chi connectivity index (χ4v) is 3.84. The van der Waals surface area contributed by atoms with Gasteiger partial charge < -0.3 is 4.90 Å². The van der Waals surface area contributed by atoms with E-state index < -0.39 is 16.1 Å². The average molecular weight is 341 g/mol. The number of anilines is 1. The molecule has 1 saturated heterocycles. The normalized spacial score (nSPS) is 17.7. The van der Waals surface area contributed by atoms with Crippen LogP contribution in [-0.2, 0) is 14.8 Å². The van der Waals surface area contributed by atoms with E-state index in [1.54, 1.807) is 4.90 Å². The highest BCUT2D eigenvalue weighted by Crippen LogP contribution is 2.22. The first kappa shape index (κ1) is 16.2. The average Bonchev–Trinajstić information content (AvgIpc) is 2.96. The minimum Gasteiger partial charge on any atom is -0.311 e. The predicted octanol–water partition coefficient (Wildman–Crippen LogP) is 1.64. The van der Waals surface area contributed by atoms with Gasteiger partial charge in [-0.3, -0.25) is 4.79 Å². The number of amides is 1. The van der Waals surface area contributed by atoms with Gasteiger partial charge in [-0.1, -0.05) is 18.2 Å². The lowest BCUT2D eigenvalue weighted by Crippen LogP contribution is -2.41. The van der Waals surface area contributed by atoms with Gasteiger partial charge in [0.05, 0.1) is 16.5 Å². The van der Waals surface area contributed by atoms with Crippen LogP contribution in [0.5, 0.6) is 0 Å². The molecule has 6 nitrogen and oxygen atoms in total. The summed E-state index contributed by atoms with van der Waals surface area (Å²) in [6.07, 6.45) is 0.406. The van der Waals surface area contributed by atoms with Crippen LogP contribution >= 0.6 is 0 Å². The van der Waals surface area contributed by atoms with E-state index in [1.165, 1.54) is 24.3 Å². The zero-order chi connectivity index (χ0) is 17.2. The van der Waals surface area contributed by atoms with Gasteiger partial charge in [0.15, 0.2) is 0 Å². The number of para-hydroxylation sites is 1. The van der Waals surface area contributed by atoms with Crippen molar-refractivity contribution in [1.82, 2.24) is 4.72 Å². The lowest BCUT2D eigenvalue weighted by molar-refractivity contribution is -0.118. The van der Waals surface area contributed by atoms with Crippen molar-refractivity contribution in [2.24, 2.45) is 0 Å². The SMILES string of the molecule is N#Cc1ccc(S(=O)(=O)N[C@@H]2CCN(c3ccccc3)C2=O)cc1. The highest BCUT2D eigenvalue weighted by molar-refractivity contribution is 7.89. The van der Waals surface area contributed by atoms with E-state index in [0.717, 1.165) is 5.69 Å². The van der Waals surface area contributed by atoms with E-state index in [9.17, 15) is 13.2 Å². The Bertz CT molecular complexity index is 887. The van der Waals surface area contributed by atoms with E-state index in [0.29, 0.717) is 18.5 Å². The third kappa shape index (κ3) is 3.15. The van der Waals surface area contributed by atoms with Crippen molar-refractivity contribution in [2.45, 2.75) is 17.4 Å². The summed E-state index contributed by atoms with van der Waals surface area (Å²) in [6, 6.07) is 15.9. The van der Waals surface area contributed by atoms with Gasteiger partial charge in [0, 0.05) is 12.2 Å². The van der Waals surface area contributed by atoms with Gasteiger partial charge in [0.25, 0.3) is 0 Å². The molecule has 122 valence electrons. The Hall–Kier alpha value is -2.69. The molecule has 0 bridgehead atoms. The minimum absolute atomic E-state index is 0.0347. The lowest BCUT2D eigenvalue weighted by atomic mass is 10.2. The van der Waals surface area contributed by atoms with Gasteiger partial charge in [0.1, 0.15) is 6.04 Å². The summed E-state index contributed by atoms with van der Waals surface area (Å²) in [7, 11) is -3.81. The molecular formula is C17H15N3O3S. The molecule has 2 aromatic rings. The summed E-state index contributed by atoms with van der Waals surface area (Å²) in [5.74, 6) is -0.265. The van der Waals surface area contributed by atoms with Crippen LogP contribution in [0.2, 0.25) is 0 Å². The largest absolute Gasteiger partial charge is 0.311 e. The summed E-state index contributed by atoms with van der Waals surface area (Å²) in [5, 5.41) is 8.77. The quantitative estimate of drug-likeness (QED) is 0.915. The number of rotatable bonds is 4. The molecule has 2 aromatic carbocycles. The minimum atomic E-state index is -3.81. The number of nitrogens with one attached hydrogen (secondary N) is 1. The Morgan fingerprint density at radius 1 is 1.08 bits per heavy atom.